The van der Waals surface area contributed by atoms with E-state index in [0.29, 0.717) is 23.7 Å². The summed E-state index contributed by atoms with van der Waals surface area (Å²) in [5, 5.41) is 6.43. The van der Waals surface area contributed by atoms with Crippen molar-refractivity contribution in [3.63, 3.8) is 0 Å². The van der Waals surface area contributed by atoms with Crippen molar-refractivity contribution in [2.45, 2.75) is 70.9 Å². The van der Waals surface area contributed by atoms with E-state index in [0.717, 1.165) is 0 Å². The molecule has 1 heterocycles. The van der Waals surface area contributed by atoms with Gasteiger partial charge in [0.2, 0.25) is 0 Å². The third kappa shape index (κ3) is 4.72. The molecule has 1 aliphatic heterocycles. The molecule has 2 fully saturated rings. The summed E-state index contributed by atoms with van der Waals surface area (Å²) in [7, 11) is -2.57. The molecule has 1 saturated heterocycles. The second-order valence-electron chi connectivity index (χ2n) is 13.3. The van der Waals surface area contributed by atoms with Crippen molar-refractivity contribution in [3.8, 4) is 0 Å². The molecule has 1 saturated carbocycles. The quantitative estimate of drug-likeness (QED) is 0.140. The maximum absolute atomic E-state index is 3.12. The largest absolute Gasteiger partial charge is 0.366 e. The minimum atomic E-state index is -1.96. The first-order valence-electron chi connectivity index (χ1n) is 16.1. The molecule has 0 radical (unpaired) electrons. The van der Waals surface area contributed by atoms with Crippen LogP contribution in [0.5, 0.6) is 0 Å². The fourth-order valence-corrected chi connectivity index (χ4v) is 15.4. The number of fused-ring (bicyclic) bond motifs is 2. The smallest absolute Gasteiger partial charge is 0.193 e. The molecule has 42 heavy (non-hydrogen) atoms. The van der Waals surface area contributed by atoms with E-state index in [1.54, 1.807) is 21.9 Å². The number of hydrogen-bond acceptors (Lipinski definition) is 1. The molecule has 0 amide bonds. The summed E-state index contributed by atoms with van der Waals surface area (Å²) in [6.07, 6.45) is 4.02. The highest BCUT2D eigenvalue weighted by atomic mass is 31.1. The Labute approximate surface area is 255 Å². The van der Waals surface area contributed by atoms with Gasteiger partial charge in [-0.15, -0.1) is 0 Å². The van der Waals surface area contributed by atoms with E-state index in [1.807, 2.05) is 0 Å². The zero-order valence-electron chi connectivity index (χ0n) is 25.6. The van der Waals surface area contributed by atoms with Gasteiger partial charge in [0.1, 0.15) is 0 Å². The molecule has 2 aliphatic carbocycles. The fraction of sp³-hybridized carbons (Fsp3) is 0.333. The minimum absolute atomic E-state index is 0.481. The Balaban J connectivity index is 1.56. The number of benzene rings is 4. The second-order valence-corrected chi connectivity index (χ2v) is 19.6. The lowest BCUT2D eigenvalue weighted by Crippen LogP contribution is -2.53. The molecule has 4 aromatic rings. The molecule has 0 N–H and O–H groups in total. The Morgan fingerprint density at radius 2 is 1.12 bits per heavy atom. The van der Waals surface area contributed by atoms with E-state index in [1.165, 1.54) is 53.1 Å². The SMILES string of the molecule is CC(C)c1cccc(C(C)C)c1N(C1=C(P(c2ccccc2)c2ccccc2)C2CCC1C2)[Si]1(c2ccccc2)CC1. The van der Waals surface area contributed by atoms with Crippen molar-refractivity contribution in [3.05, 3.63) is 131 Å². The first-order chi connectivity index (χ1) is 20.5. The van der Waals surface area contributed by atoms with Gasteiger partial charge >= 0.3 is 0 Å². The van der Waals surface area contributed by atoms with E-state index in [-0.39, 0.29) is 0 Å². The molecule has 2 bridgehead atoms. The van der Waals surface area contributed by atoms with Gasteiger partial charge in [0.05, 0.1) is 0 Å². The summed E-state index contributed by atoms with van der Waals surface area (Å²) in [4.78, 5) is 0. The lowest BCUT2D eigenvalue weighted by Gasteiger charge is -2.43. The highest BCUT2D eigenvalue weighted by Gasteiger charge is 2.58. The Bertz CT molecular complexity index is 1510. The topological polar surface area (TPSA) is 3.24 Å². The molecule has 0 spiro atoms. The average Bonchev–Trinajstić information content (AvgIpc) is 3.56. The van der Waals surface area contributed by atoms with Crippen molar-refractivity contribution in [1.29, 1.82) is 0 Å². The monoisotopic (exact) mass is 585 g/mol. The van der Waals surface area contributed by atoms with Gasteiger partial charge in [-0.2, -0.15) is 0 Å². The van der Waals surface area contributed by atoms with Crippen LogP contribution in [0.2, 0.25) is 12.1 Å². The van der Waals surface area contributed by atoms with Crippen LogP contribution in [0.4, 0.5) is 5.69 Å². The number of para-hydroxylation sites is 1. The normalized spacial score (nSPS) is 20.6. The Kier molecular flexibility index (Phi) is 7.49. The average molecular weight is 586 g/mol. The van der Waals surface area contributed by atoms with Gasteiger partial charge in [-0.3, -0.25) is 0 Å². The molecule has 0 aromatic heterocycles. The third-order valence-corrected chi connectivity index (χ3v) is 16.9. The van der Waals surface area contributed by atoms with E-state index in [2.05, 4.69) is 141 Å². The van der Waals surface area contributed by atoms with Gasteiger partial charge in [-0.1, -0.05) is 137 Å². The lowest BCUT2D eigenvalue weighted by atomic mass is 9.91. The van der Waals surface area contributed by atoms with Crippen LogP contribution in [0.1, 0.15) is 69.9 Å². The number of anilines is 1. The molecule has 214 valence electrons. The highest BCUT2D eigenvalue weighted by Crippen LogP contribution is 2.64. The Morgan fingerprint density at radius 3 is 1.62 bits per heavy atom. The molecule has 1 nitrogen and oxygen atoms in total. The van der Waals surface area contributed by atoms with Crippen LogP contribution in [0.15, 0.2) is 120 Å². The molecule has 2 unspecified atom stereocenters. The van der Waals surface area contributed by atoms with Gasteiger partial charge in [0.25, 0.3) is 0 Å². The van der Waals surface area contributed by atoms with Crippen LogP contribution >= 0.6 is 7.92 Å². The number of rotatable bonds is 9. The van der Waals surface area contributed by atoms with Gasteiger partial charge in [0.15, 0.2) is 8.24 Å². The first-order valence-corrected chi connectivity index (χ1v) is 19.8. The fourth-order valence-electron chi connectivity index (χ4n) is 7.92. The second kappa shape index (κ2) is 11.3. The predicted octanol–water partition coefficient (Wildman–Crippen LogP) is 9.38. The summed E-state index contributed by atoms with van der Waals surface area (Å²) in [5.41, 5.74) is 6.39. The standard InChI is InChI=1S/C39H44NPSi/c1-28(2)35-21-14-22-36(29(3)4)38(35)40(42(25-26-42)34-19-12-7-13-20-34)37-30-23-24-31(27-30)39(37)41(32-15-8-5-9-16-32)33-17-10-6-11-18-33/h5-22,28-31H,23-27H2,1-4H3. The van der Waals surface area contributed by atoms with E-state index in [4.69, 9.17) is 0 Å². The van der Waals surface area contributed by atoms with Crippen LogP contribution in [0.3, 0.4) is 0 Å². The summed E-state index contributed by atoms with van der Waals surface area (Å²) in [6.45, 7) is 9.62. The van der Waals surface area contributed by atoms with Crippen molar-refractivity contribution < 1.29 is 0 Å². The molecular weight excluding hydrogens is 541 g/mol. The van der Waals surface area contributed by atoms with Crippen LogP contribution in [-0.2, 0) is 0 Å². The number of hydrogen-bond donors (Lipinski definition) is 0. The maximum Gasteiger partial charge on any atom is 0.193 e. The summed E-state index contributed by atoms with van der Waals surface area (Å²) < 4.78 is 3.12. The third-order valence-electron chi connectivity index (χ3n) is 10.0. The van der Waals surface area contributed by atoms with Crippen LogP contribution in [0, 0.1) is 11.8 Å². The molecule has 4 aromatic carbocycles. The molecule has 3 aliphatic rings. The van der Waals surface area contributed by atoms with E-state index < -0.39 is 16.2 Å². The Hall–Kier alpha value is -2.93. The van der Waals surface area contributed by atoms with Crippen molar-refractivity contribution in [1.82, 2.24) is 0 Å². The molecule has 2 atom stereocenters. The zero-order chi connectivity index (χ0) is 28.8. The zero-order valence-corrected chi connectivity index (χ0v) is 27.5. The Morgan fingerprint density at radius 1 is 0.619 bits per heavy atom. The summed E-state index contributed by atoms with van der Waals surface area (Å²) in [6, 6.07) is 44.6. The summed E-state index contributed by atoms with van der Waals surface area (Å²) in [5.74, 6) is 2.31. The van der Waals surface area contributed by atoms with Gasteiger partial charge < -0.3 is 4.57 Å². The van der Waals surface area contributed by atoms with Crippen molar-refractivity contribution in [2.75, 3.05) is 4.57 Å². The minimum Gasteiger partial charge on any atom is -0.366 e. The van der Waals surface area contributed by atoms with Crippen LogP contribution in [0.25, 0.3) is 0 Å². The molecular formula is C39H44NPSi. The molecule has 7 rings (SSSR count). The van der Waals surface area contributed by atoms with E-state index >= 15 is 0 Å². The highest BCUT2D eigenvalue weighted by molar-refractivity contribution is 7.76. The van der Waals surface area contributed by atoms with Crippen molar-refractivity contribution >= 4 is 37.6 Å². The summed E-state index contributed by atoms with van der Waals surface area (Å²) >= 11 is 0. The van der Waals surface area contributed by atoms with Crippen LogP contribution in [-0.4, -0.2) is 8.24 Å². The predicted molar refractivity (Wildman–Crippen MR) is 185 cm³/mol. The van der Waals surface area contributed by atoms with E-state index in [9.17, 15) is 0 Å². The first kappa shape index (κ1) is 27.9. The van der Waals surface area contributed by atoms with Crippen LogP contribution < -0.4 is 20.4 Å². The maximum atomic E-state index is 3.12. The van der Waals surface area contributed by atoms with Gasteiger partial charge in [-0.05, 0) is 95.2 Å². The van der Waals surface area contributed by atoms with Gasteiger partial charge in [-0.25, -0.2) is 0 Å². The molecule has 3 heteroatoms. The number of allylic oxidation sites excluding steroid dienone is 2. The lowest BCUT2D eigenvalue weighted by molar-refractivity contribution is 0.645. The van der Waals surface area contributed by atoms with Crippen molar-refractivity contribution in [2.24, 2.45) is 11.8 Å². The number of nitrogens with zero attached hydrogens (tertiary/aromatic N) is 1. The van der Waals surface area contributed by atoms with Gasteiger partial charge in [0, 0.05) is 11.4 Å².